The molecule has 0 aliphatic rings. The van der Waals surface area contributed by atoms with Crippen molar-refractivity contribution in [1.82, 2.24) is 14.9 Å². The first-order valence-corrected chi connectivity index (χ1v) is 9.19. The molecule has 0 atom stereocenters. The minimum Gasteiger partial charge on any atom is -0.442 e. The number of amides is 1. The highest BCUT2D eigenvalue weighted by Crippen LogP contribution is 2.21. The van der Waals surface area contributed by atoms with E-state index in [9.17, 15) is 9.59 Å². The van der Waals surface area contributed by atoms with E-state index in [0.717, 1.165) is 12.0 Å². The molecule has 27 heavy (non-hydrogen) atoms. The molecule has 1 N–H and O–H groups in total. The van der Waals surface area contributed by atoms with Crippen LogP contribution in [0.1, 0.15) is 41.1 Å². The summed E-state index contributed by atoms with van der Waals surface area (Å²) in [7, 11) is 0. The molecule has 0 radical (unpaired) electrons. The van der Waals surface area contributed by atoms with Crippen molar-refractivity contribution in [3.63, 3.8) is 0 Å². The molecule has 2 heterocycles. The lowest BCUT2D eigenvalue weighted by Crippen LogP contribution is -2.28. The average Bonchev–Trinajstić information content (AvgIpc) is 2.95. The number of aromatic nitrogens is 2. The summed E-state index contributed by atoms with van der Waals surface area (Å²) in [5.41, 5.74) is 2.60. The van der Waals surface area contributed by atoms with Gasteiger partial charge in [0.2, 0.25) is 5.71 Å². The number of hydrogen-bond acceptors (Lipinski definition) is 4. The summed E-state index contributed by atoms with van der Waals surface area (Å²) >= 11 is 0. The molecule has 0 aliphatic heterocycles. The Kier molecular flexibility index (Phi) is 5.44. The monoisotopic (exact) mass is 367 g/mol. The lowest BCUT2D eigenvalue weighted by Gasteiger charge is -2.08. The van der Waals surface area contributed by atoms with E-state index in [0.29, 0.717) is 24.8 Å². The minimum atomic E-state index is -0.306. The molecule has 3 aromatic rings. The number of nitrogens with one attached hydrogen (secondary N) is 1. The van der Waals surface area contributed by atoms with Crippen molar-refractivity contribution in [2.45, 2.75) is 40.7 Å². The summed E-state index contributed by atoms with van der Waals surface area (Å²) in [6, 6.07) is 8.20. The highest BCUT2D eigenvalue weighted by Gasteiger charge is 2.22. The molecule has 142 valence electrons. The van der Waals surface area contributed by atoms with Crippen molar-refractivity contribution < 1.29 is 9.21 Å². The van der Waals surface area contributed by atoms with Crippen molar-refractivity contribution in [2.75, 3.05) is 6.54 Å². The number of fused-ring (bicyclic) bond motifs is 1. The lowest BCUT2D eigenvalue weighted by molar-refractivity contribution is 0.0954. The normalized spacial score (nSPS) is 11.3. The molecule has 0 unspecified atom stereocenters. The van der Waals surface area contributed by atoms with Crippen LogP contribution in [-0.2, 0) is 13.0 Å². The molecule has 6 heteroatoms. The van der Waals surface area contributed by atoms with Crippen LogP contribution in [0.3, 0.4) is 0 Å². The van der Waals surface area contributed by atoms with Gasteiger partial charge in [-0.1, -0.05) is 43.7 Å². The number of hydrogen-bond donors (Lipinski definition) is 1. The number of rotatable bonds is 6. The molecule has 0 saturated carbocycles. The molecular weight excluding hydrogens is 342 g/mol. The van der Waals surface area contributed by atoms with Crippen LogP contribution in [0, 0.1) is 19.8 Å². The van der Waals surface area contributed by atoms with Gasteiger partial charge in [0.1, 0.15) is 17.5 Å². The van der Waals surface area contributed by atoms with Gasteiger partial charge in [-0.15, -0.1) is 0 Å². The maximum atomic E-state index is 12.8. The molecular formula is C21H25N3O3. The molecule has 1 aromatic carbocycles. The van der Waals surface area contributed by atoms with Crippen LogP contribution in [-0.4, -0.2) is 22.0 Å². The number of benzene rings is 1. The molecule has 0 saturated heterocycles. The van der Waals surface area contributed by atoms with Crippen LogP contribution >= 0.6 is 0 Å². The molecule has 0 fully saturated rings. The lowest BCUT2D eigenvalue weighted by atomic mass is 10.1. The second-order valence-electron chi connectivity index (χ2n) is 7.30. The Hall–Kier alpha value is -2.89. The van der Waals surface area contributed by atoms with Crippen molar-refractivity contribution in [3.05, 3.63) is 63.4 Å². The first-order valence-electron chi connectivity index (χ1n) is 9.19. The second-order valence-corrected chi connectivity index (χ2v) is 7.30. The van der Waals surface area contributed by atoms with Crippen molar-refractivity contribution in [1.29, 1.82) is 0 Å². The van der Waals surface area contributed by atoms with Crippen LogP contribution in [0.25, 0.3) is 11.1 Å². The Morgan fingerprint density at radius 3 is 2.59 bits per heavy atom. The van der Waals surface area contributed by atoms with Gasteiger partial charge in [-0.3, -0.25) is 14.2 Å². The maximum Gasteiger partial charge on any atom is 0.265 e. The zero-order chi connectivity index (χ0) is 19.6. The topological polar surface area (TPSA) is 77.1 Å². The van der Waals surface area contributed by atoms with E-state index in [1.54, 1.807) is 6.92 Å². The van der Waals surface area contributed by atoms with Gasteiger partial charge in [-0.05, 0) is 31.7 Å². The van der Waals surface area contributed by atoms with Gasteiger partial charge in [0.05, 0.1) is 5.56 Å². The van der Waals surface area contributed by atoms with E-state index in [2.05, 4.69) is 22.4 Å². The smallest absolute Gasteiger partial charge is 0.265 e. The molecule has 6 nitrogen and oxygen atoms in total. The summed E-state index contributed by atoms with van der Waals surface area (Å²) in [5, 5.41) is 3.15. The Labute approximate surface area is 158 Å². The number of furan rings is 1. The van der Waals surface area contributed by atoms with Gasteiger partial charge < -0.3 is 9.73 Å². The molecule has 2 aromatic heterocycles. The predicted octanol–water partition coefficient (Wildman–Crippen LogP) is 3.23. The zero-order valence-corrected chi connectivity index (χ0v) is 16.2. The highest BCUT2D eigenvalue weighted by atomic mass is 16.3. The third-order valence-corrected chi connectivity index (χ3v) is 4.46. The molecule has 3 rings (SSSR count). The van der Waals surface area contributed by atoms with E-state index < -0.39 is 0 Å². The van der Waals surface area contributed by atoms with E-state index in [-0.39, 0.29) is 28.1 Å². The Morgan fingerprint density at radius 1 is 1.22 bits per heavy atom. The standard InChI is InChI=1S/C21H25N3O3/c1-13(2)11-24-12-23-20-18(21(24)26)17(15(4)27-20)19(25)22-10-9-16-7-5-14(3)6-8-16/h5-8,12-13H,9-11H2,1-4H3,(H,22,25). The molecule has 0 aliphatic carbocycles. The fraction of sp³-hybridized carbons (Fsp3) is 0.381. The van der Waals surface area contributed by atoms with Crippen molar-refractivity contribution in [3.8, 4) is 0 Å². The molecule has 0 bridgehead atoms. The molecule has 1 amide bonds. The number of carbonyl (C=O) groups excluding carboxylic acids is 1. The van der Waals surface area contributed by atoms with Crippen LogP contribution in [0.15, 0.2) is 39.8 Å². The molecule has 0 spiro atoms. The summed E-state index contributed by atoms with van der Waals surface area (Å²) in [4.78, 5) is 29.7. The van der Waals surface area contributed by atoms with Gasteiger partial charge in [-0.25, -0.2) is 4.98 Å². The highest BCUT2D eigenvalue weighted by molar-refractivity contribution is 6.06. The van der Waals surface area contributed by atoms with Gasteiger partial charge >= 0.3 is 0 Å². The number of aryl methyl sites for hydroxylation is 2. The third-order valence-electron chi connectivity index (χ3n) is 4.46. The summed E-state index contributed by atoms with van der Waals surface area (Å²) in [6.07, 6.45) is 2.20. The van der Waals surface area contributed by atoms with Crippen LogP contribution < -0.4 is 10.9 Å². The largest absolute Gasteiger partial charge is 0.442 e. The van der Waals surface area contributed by atoms with Crippen molar-refractivity contribution >= 4 is 17.0 Å². The van der Waals surface area contributed by atoms with E-state index in [4.69, 9.17) is 4.42 Å². The van der Waals surface area contributed by atoms with E-state index in [1.165, 1.54) is 16.5 Å². The number of carbonyl (C=O) groups is 1. The average molecular weight is 367 g/mol. The fourth-order valence-corrected chi connectivity index (χ4v) is 3.10. The predicted molar refractivity (Wildman–Crippen MR) is 105 cm³/mol. The zero-order valence-electron chi connectivity index (χ0n) is 16.2. The first kappa shape index (κ1) is 18.9. The summed E-state index contributed by atoms with van der Waals surface area (Å²) in [6.45, 7) is 8.79. The SMILES string of the molecule is Cc1ccc(CCNC(=O)c2c(C)oc3ncn(CC(C)C)c(=O)c23)cc1. The van der Waals surface area contributed by atoms with Gasteiger partial charge in [0, 0.05) is 13.1 Å². The minimum absolute atomic E-state index is 0.209. The summed E-state index contributed by atoms with van der Waals surface area (Å²) in [5.74, 6) is 0.394. The third kappa shape index (κ3) is 4.10. The Morgan fingerprint density at radius 2 is 1.93 bits per heavy atom. The Balaban J connectivity index is 1.82. The van der Waals surface area contributed by atoms with Crippen LogP contribution in [0.4, 0.5) is 0 Å². The van der Waals surface area contributed by atoms with Crippen LogP contribution in [0.5, 0.6) is 0 Å². The first-order chi connectivity index (χ1) is 12.9. The second kappa shape index (κ2) is 7.78. The van der Waals surface area contributed by atoms with Gasteiger partial charge in [0.15, 0.2) is 0 Å². The summed E-state index contributed by atoms with van der Waals surface area (Å²) < 4.78 is 7.09. The fourth-order valence-electron chi connectivity index (χ4n) is 3.10. The maximum absolute atomic E-state index is 12.8. The van der Waals surface area contributed by atoms with Gasteiger partial charge in [0.25, 0.3) is 11.5 Å². The van der Waals surface area contributed by atoms with Gasteiger partial charge in [-0.2, -0.15) is 0 Å². The number of nitrogens with zero attached hydrogens (tertiary/aromatic N) is 2. The van der Waals surface area contributed by atoms with Crippen LogP contribution in [0.2, 0.25) is 0 Å². The van der Waals surface area contributed by atoms with E-state index in [1.807, 2.05) is 32.9 Å². The van der Waals surface area contributed by atoms with Crippen molar-refractivity contribution in [2.24, 2.45) is 5.92 Å². The quantitative estimate of drug-likeness (QED) is 0.726. The van der Waals surface area contributed by atoms with E-state index >= 15 is 0 Å². The Bertz CT molecular complexity index is 1010.